The fraction of sp³-hybridized carbons (Fsp3) is 0.188. The minimum absolute atomic E-state index is 0.0954. The molecule has 0 aromatic heterocycles. The quantitative estimate of drug-likeness (QED) is 0.695. The van der Waals surface area contributed by atoms with Gasteiger partial charge in [0, 0.05) is 17.8 Å². The van der Waals surface area contributed by atoms with Gasteiger partial charge in [-0.2, -0.15) is 0 Å². The van der Waals surface area contributed by atoms with Crippen molar-refractivity contribution in [3.8, 4) is 11.5 Å². The van der Waals surface area contributed by atoms with Gasteiger partial charge in [0.1, 0.15) is 6.10 Å². The third-order valence-electron chi connectivity index (χ3n) is 3.43. The van der Waals surface area contributed by atoms with Crippen LogP contribution in [0, 0.1) is 10.1 Å². The normalized spacial score (nSPS) is 19.0. The summed E-state index contributed by atoms with van der Waals surface area (Å²) in [5, 5.41) is 13.4. The highest BCUT2D eigenvalue weighted by Gasteiger charge is 2.34. The molecule has 7 nitrogen and oxygen atoms in total. The molecule has 3 rings (SSSR count). The highest BCUT2D eigenvalue weighted by atomic mass is 16.6. The number of non-ortho nitro benzene ring substituents is 1. The molecule has 0 bridgehead atoms. The largest absolute Gasteiger partial charge is 0.482 e. The molecule has 1 aliphatic heterocycles. The lowest BCUT2D eigenvalue weighted by Crippen LogP contribution is -2.46. The molecule has 0 unspecified atom stereocenters. The Morgan fingerprint density at radius 3 is 2.52 bits per heavy atom. The van der Waals surface area contributed by atoms with Crippen molar-refractivity contribution >= 4 is 17.3 Å². The summed E-state index contributed by atoms with van der Waals surface area (Å²) in [5.41, 5.74) is 0.237. The molecule has 0 radical (unpaired) electrons. The molecular weight excluding hydrogens is 300 g/mol. The number of hydrogen-bond acceptors (Lipinski definition) is 5. The molecule has 7 heteroatoms. The Labute approximate surface area is 132 Å². The molecule has 0 spiro atoms. The van der Waals surface area contributed by atoms with Crippen LogP contribution in [0.15, 0.2) is 48.5 Å². The molecule has 2 atom stereocenters. The van der Waals surface area contributed by atoms with E-state index < -0.39 is 23.0 Å². The van der Waals surface area contributed by atoms with Crippen LogP contribution in [0.2, 0.25) is 0 Å². The van der Waals surface area contributed by atoms with Crippen molar-refractivity contribution in [3.05, 3.63) is 58.6 Å². The van der Waals surface area contributed by atoms with E-state index in [9.17, 15) is 14.9 Å². The van der Waals surface area contributed by atoms with E-state index in [0.29, 0.717) is 17.2 Å². The maximum atomic E-state index is 12.4. The number of carbonyl (C=O) groups is 1. The monoisotopic (exact) mass is 314 g/mol. The van der Waals surface area contributed by atoms with E-state index in [1.807, 2.05) is 6.07 Å². The van der Waals surface area contributed by atoms with Crippen LogP contribution in [-0.4, -0.2) is 23.0 Å². The van der Waals surface area contributed by atoms with Gasteiger partial charge in [-0.15, -0.1) is 0 Å². The van der Waals surface area contributed by atoms with Gasteiger partial charge in [0.2, 0.25) is 6.10 Å². The lowest BCUT2D eigenvalue weighted by Gasteiger charge is -2.30. The number of anilines is 1. The van der Waals surface area contributed by atoms with E-state index in [2.05, 4.69) is 5.32 Å². The maximum Gasteiger partial charge on any atom is 0.271 e. The van der Waals surface area contributed by atoms with Crippen molar-refractivity contribution in [2.45, 2.75) is 19.1 Å². The lowest BCUT2D eigenvalue weighted by atomic mass is 10.1. The van der Waals surface area contributed by atoms with Gasteiger partial charge in [-0.25, -0.2) is 0 Å². The second kappa shape index (κ2) is 5.96. The van der Waals surface area contributed by atoms with Crippen molar-refractivity contribution in [3.63, 3.8) is 0 Å². The molecule has 1 amide bonds. The van der Waals surface area contributed by atoms with Gasteiger partial charge in [0.15, 0.2) is 11.5 Å². The van der Waals surface area contributed by atoms with Crippen molar-refractivity contribution in [1.29, 1.82) is 0 Å². The van der Waals surface area contributed by atoms with Gasteiger partial charge in [0.25, 0.3) is 11.6 Å². The number of nitro groups is 1. The van der Waals surface area contributed by atoms with Crippen molar-refractivity contribution < 1.29 is 19.2 Å². The van der Waals surface area contributed by atoms with Crippen LogP contribution in [0.5, 0.6) is 11.5 Å². The van der Waals surface area contributed by atoms with Crippen molar-refractivity contribution in [2.75, 3.05) is 5.32 Å². The summed E-state index contributed by atoms with van der Waals surface area (Å²) in [4.78, 5) is 22.6. The summed E-state index contributed by atoms with van der Waals surface area (Å²) in [6.45, 7) is 1.73. The van der Waals surface area contributed by atoms with Gasteiger partial charge < -0.3 is 14.8 Å². The average molecular weight is 314 g/mol. The van der Waals surface area contributed by atoms with Crippen LogP contribution in [0.3, 0.4) is 0 Å². The summed E-state index contributed by atoms with van der Waals surface area (Å²) >= 11 is 0. The first kappa shape index (κ1) is 14.8. The van der Waals surface area contributed by atoms with E-state index in [1.54, 1.807) is 31.2 Å². The van der Waals surface area contributed by atoms with Gasteiger partial charge in [0.05, 0.1) is 4.92 Å². The van der Waals surface area contributed by atoms with E-state index in [1.165, 1.54) is 18.2 Å². The molecule has 0 fully saturated rings. The number of carbonyl (C=O) groups excluding carboxylic acids is 1. The Kier molecular flexibility index (Phi) is 3.84. The number of ether oxygens (including phenoxy) is 2. The number of fused-ring (bicyclic) bond motifs is 1. The van der Waals surface area contributed by atoms with Crippen molar-refractivity contribution in [1.82, 2.24) is 0 Å². The van der Waals surface area contributed by atoms with Gasteiger partial charge in [-0.3, -0.25) is 14.9 Å². The number of amides is 1. The van der Waals surface area contributed by atoms with Crippen LogP contribution in [-0.2, 0) is 4.79 Å². The van der Waals surface area contributed by atoms with E-state index in [0.717, 1.165) is 0 Å². The molecule has 118 valence electrons. The minimum Gasteiger partial charge on any atom is -0.482 e. The first-order chi connectivity index (χ1) is 11.0. The number of para-hydroxylation sites is 2. The molecule has 0 saturated heterocycles. The molecule has 1 aliphatic rings. The van der Waals surface area contributed by atoms with Crippen LogP contribution >= 0.6 is 0 Å². The van der Waals surface area contributed by atoms with Gasteiger partial charge in [-0.1, -0.05) is 18.2 Å². The number of nitrogens with one attached hydrogen (secondary N) is 1. The van der Waals surface area contributed by atoms with E-state index in [4.69, 9.17) is 9.47 Å². The zero-order chi connectivity index (χ0) is 16.4. The Balaban J connectivity index is 1.76. The second-order valence-corrected chi connectivity index (χ2v) is 5.10. The lowest BCUT2D eigenvalue weighted by molar-refractivity contribution is -0.384. The minimum atomic E-state index is -0.843. The van der Waals surface area contributed by atoms with Crippen LogP contribution in [0.25, 0.3) is 0 Å². The molecule has 2 aromatic carbocycles. The number of benzene rings is 2. The smallest absolute Gasteiger partial charge is 0.271 e. The van der Waals surface area contributed by atoms with Gasteiger partial charge >= 0.3 is 0 Å². The highest BCUT2D eigenvalue weighted by Crippen LogP contribution is 2.33. The Hall–Kier alpha value is -3.09. The van der Waals surface area contributed by atoms with E-state index in [-0.39, 0.29) is 5.69 Å². The van der Waals surface area contributed by atoms with Crippen LogP contribution in [0.1, 0.15) is 6.92 Å². The first-order valence-corrected chi connectivity index (χ1v) is 7.02. The number of nitrogens with zero attached hydrogens (tertiary/aromatic N) is 1. The first-order valence-electron chi connectivity index (χ1n) is 7.02. The predicted octanol–water partition coefficient (Wildman–Crippen LogP) is 2.76. The zero-order valence-corrected chi connectivity index (χ0v) is 12.3. The molecule has 2 aromatic rings. The van der Waals surface area contributed by atoms with E-state index >= 15 is 0 Å². The standard InChI is InChI=1S/C16H14N2O5/c1-10-15(23-14-8-3-2-7-13(14)22-10)16(19)17-11-5-4-6-12(9-11)18(20)21/h2-10,15H,1H3,(H,17,19)/t10-,15-/m1/s1. The summed E-state index contributed by atoms with van der Waals surface area (Å²) in [6.07, 6.45) is -1.33. The highest BCUT2D eigenvalue weighted by molar-refractivity contribution is 5.95. The fourth-order valence-corrected chi connectivity index (χ4v) is 2.32. The number of nitro benzene ring substituents is 1. The Bertz CT molecular complexity index is 762. The maximum absolute atomic E-state index is 12.4. The third-order valence-corrected chi connectivity index (χ3v) is 3.43. The predicted molar refractivity (Wildman–Crippen MR) is 82.7 cm³/mol. The molecule has 1 heterocycles. The van der Waals surface area contributed by atoms with Gasteiger partial charge in [-0.05, 0) is 25.1 Å². The topological polar surface area (TPSA) is 90.7 Å². The summed E-state index contributed by atoms with van der Waals surface area (Å²) in [7, 11) is 0. The zero-order valence-electron chi connectivity index (χ0n) is 12.3. The summed E-state index contributed by atoms with van der Waals surface area (Å²) in [5.74, 6) is 0.650. The Morgan fingerprint density at radius 2 is 1.83 bits per heavy atom. The fourth-order valence-electron chi connectivity index (χ4n) is 2.32. The average Bonchev–Trinajstić information content (AvgIpc) is 2.54. The van der Waals surface area contributed by atoms with Crippen molar-refractivity contribution in [2.24, 2.45) is 0 Å². The number of rotatable bonds is 3. The second-order valence-electron chi connectivity index (χ2n) is 5.10. The number of hydrogen-bond donors (Lipinski definition) is 1. The van der Waals surface area contributed by atoms with Crippen LogP contribution < -0.4 is 14.8 Å². The van der Waals surface area contributed by atoms with Crippen LogP contribution in [0.4, 0.5) is 11.4 Å². The molecule has 1 N–H and O–H groups in total. The molecular formula is C16H14N2O5. The Morgan fingerprint density at radius 1 is 1.13 bits per heavy atom. The molecule has 0 saturated carbocycles. The molecule has 0 aliphatic carbocycles. The SMILES string of the molecule is C[C@H]1Oc2ccccc2O[C@H]1C(=O)Nc1cccc([N+](=O)[O-])c1. The summed E-state index contributed by atoms with van der Waals surface area (Å²) < 4.78 is 11.4. The molecule has 23 heavy (non-hydrogen) atoms. The third kappa shape index (κ3) is 3.08. The summed E-state index contributed by atoms with van der Waals surface area (Å²) in [6, 6.07) is 12.8.